The molecule has 1 amide bonds. The molecule has 194 valence electrons. The second-order valence-electron chi connectivity index (χ2n) is 11.9. The number of phenols is 1. The van der Waals surface area contributed by atoms with Gasteiger partial charge in [-0.3, -0.25) is 14.5 Å². The van der Waals surface area contributed by atoms with Gasteiger partial charge in [-0.05, 0) is 62.6 Å². The van der Waals surface area contributed by atoms with Crippen LogP contribution < -0.4 is 4.74 Å². The third kappa shape index (κ3) is 3.20. The quantitative estimate of drug-likeness (QED) is 0.466. The van der Waals surface area contributed by atoms with E-state index in [0.717, 1.165) is 43.0 Å². The first-order valence-corrected chi connectivity index (χ1v) is 13.7. The number of likely N-dealkylation sites (N-methyl/N-ethyl adjacent to an activating group) is 1. The van der Waals surface area contributed by atoms with Gasteiger partial charge in [-0.2, -0.15) is 0 Å². The fourth-order valence-electron chi connectivity index (χ4n) is 8.03. The minimum Gasteiger partial charge on any atom is -0.504 e. The lowest BCUT2D eigenvalue weighted by molar-refractivity contribution is -0.200. The maximum Gasteiger partial charge on any atom is 0.230 e. The fraction of sp³-hybridized carbons (Fsp3) is 0.533. The minimum atomic E-state index is -0.989. The van der Waals surface area contributed by atoms with Gasteiger partial charge >= 0.3 is 0 Å². The fourth-order valence-corrected chi connectivity index (χ4v) is 8.03. The SMILES string of the molecule is CN(C(=O)CC(=O)c1ccccc1)C1CC[C@@]2(O)[C@H]3Cc4ccc(O)c5c4[C@@]2(CCN3CC2CC2)C1O5. The van der Waals surface area contributed by atoms with Gasteiger partial charge in [0.2, 0.25) is 5.91 Å². The Morgan fingerprint density at radius 1 is 1.11 bits per heavy atom. The smallest absolute Gasteiger partial charge is 0.230 e. The summed E-state index contributed by atoms with van der Waals surface area (Å²) >= 11 is 0. The van der Waals surface area contributed by atoms with Crippen LogP contribution in [0.25, 0.3) is 0 Å². The van der Waals surface area contributed by atoms with E-state index in [0.29, 0.717) is 24.2 Å². The van der Waals surface area contributed by atoms with E-state index in [1.165, 1.54) is 12.8 Å². The zero-order valence-corrected chi connectivity index (χ0v) is 21.2. The van der Waals surface area contributed by atoms with Crippen molar-refractivity contribution >= 4 is 11.7 Å². The predicted octanol–water partition coefficient (Wildman–Crippen LogP) is 3.06. The van der Waals surface area contributed by atoms with Crippen LogP contribution in [0.5, 0.6) is 11.5 Å². The molecule has 2 aromatic rings. The Kier molecular flexibility index (Phi) is 5.05. The lowest BCUT2D eigenvalue weighted by atomic mass is 9.48. The molecule has 2 unspecified atom stereocenters. The number of carbonyl (C=O) groups excluding carboxylic acids is 2. The van der Waals surface area contributed by atoms with Gasteiger partial charge < -0.3 is 19.8 Å². The molecule has 7 rings (SSSR count). The average Bonchev–Trinajstić information content (AvgIpc) is 3.64. The molecule has 3 aliphatic carbocycles. The number of aromatic hydroxyl groups is 1. The van der Waals surface area contributed by atoms with Crippen molar-refractivity contribution in [3.8, 4) is 11.5 Å². The number of hydrogen-bond donors (Lipinski definition) is 2. The molecular formula is C30H34N2O5. The standard InChI is InChI=1S/C30H34N2O5/c1-31(25(35)16-23(34)19-5-3-2-4-6-19)21-11-12-30(36)24-15-20-9-10-22(33)27-26(20)29(30,28(21)37-27)13-14-32(24)17-18-7-8-18/h2-6,9-10,18,21,24,28,33,36H,7-8,11-17H2,1H3/t21?,24-,28?,29+,30-/m1/s1. The van der Waals surface area contributed by atoms with E-state index in [2.05, 4.69) is 4.90 Å². The molecule has 2 N–H and O–H groups in total. The van der Waals surface area contributed by atoms with E-state index in [-0.39, 0.29) is 35.9 Å². The van der Waals surface area contributed by atoms with Crippen molar-refractivity contribution in [3.63, 3.8) is 0 Å². The number of Topliss-reactive ketones (excluding diaryl/α,β-unsaturated/α-hetero) is 1. The number of carbonyl (C=O) groups is 2. The first-order valence-electron chi connectivity index (χ1n) is 13.7. The van der Waals surface area contributed by atoms with E-state index in [1.54, 1.807) is 42.3 Å². The van der Waals surface area contributed by atoms with Crippen molar-refractivity contribution < 1.29 is 24.5 Å². The summed E-state index contributed by atoms with van der Waals surface area (Å²) in [6, 6.07) is 12.3. The molecular weight excluding hydrogens is 468 g/mol. The highest BCUT2D eigenvalue weighted by Gasteiger charge is 2.73. The molecule has 1 saturated heterocycles. The summed E-state index contributed by atoms with van der Waals surface area (Å²) in [4.78, 5) is 30.3. The highest BCUT2D eigenvalue weighted by atomic mass is 16.5. The van der Waals surface area contributed by atoms with Gasteiger partial charge in [0, 0.05) is 30.8 Å². The number of ether oxygens (including phenoxy) is 1. The van der Waals surface area contributed by atoms with Gasteiger partial charge in [0.05, 0.1) is 23.5 Å². The third-order valence-corrected chi connectivity index (χ3v) is 10.0. The van der Waals surface area contributed by atoms with Gasteiger partial charge in [0.15, 0.2) is 17.3 Å². The second kappa shape index (κ2) is 8.05. The van der Waals surface area contributed by atoms with E-state index in [9.17, 15) is 19.8 Å². The summed E-state index contributed by atoms with van der Waals surface area (Å²) in [7, 11) is 1.75. The van der Waals surface area contributed by atoms with Crippen LogP contribution in [0.2, 0.25) is 0 Å². The van der Waals surface area contributed by atoms with Crippen LogP contribution in [0, 0.1) is 5.92 Å². The molecule has 5 aliphatic rings. The van der Waals surface area contributed by atoms with Crippen LogP contribution in [0.15, 0.2) is 42.5 Å². The van der Waals surface area contributed by atoms with Gasteiger partial charge in [-0.1, -0.05) is 36.4 Å². The van der Waals surface area contributed by atoms with Gasteiger partial charge in [-0.25, -0.2) is 0 Å². The van der Waals surface area contributed by atoms with Crippen LogP contribution in [0.3, 0.4) is 0 Å². The zero-order chi connectivity index (χ0) is 25.5. The second-order valence-corrected chi connectivity index (χ2v) is 11.9. The molecule has 0 aromatic heterocycles. The number of likely N-dealkylation sites (tertiary alicyclic amines) is 1. The third-order valence-electron chi connectivity index (χ3n) is 10.0. The molecule has 2 aromatic carbocycles. The van der Waals surface area contributed by atoms with Crippen molar-refractivity contribution in [3.05, 3.63) is 59.2 Å². The largest absolute Gasteiger partial charge is 0.504 e. The Bertz CT molecular complexity index is 1280. The number of nitrogens with zero attached hydrogens (tertiary/aromatic N) is 2. The number of ketones is 1. The van der Waals surface area contributed by atoms with Crippen molar-refractivity contribution in [2.75, 3.05) is 20.1 Å². The maximum atomic E-state index is 13.4. The highest BCUT2D eigenvalue weighted by molar-refractivity contribution is 6.07. The number of benzene rings is 2. The molecule has 7 heteroatoms. The number of phenolic OH excluding ortho intramolecular Hbond substituents is 1. The summed E-state index contributed by atoms with van der Waals surface area (Å²) in [5.74, 6) is 0.846. The van der Waals surface area contributed by atoms with Gasteiger partial charge in [-0.15, -0.1) is 0 Å². The highest BCUT2D eigenvalue weighted by Crippen LogP contribution is 2.66. The van der Waals surface area contributed by atoms with Crippen LogP contribution in [-0.4, -0.2) is 75.6 Å². The summed E-state index contributed by atoms with van der Waals surface area (Å²) in [6.07, 6.45) is 4.47. The molecule has 3 fully saturated rings. The molecule has 1 spiro atoms. The molecule has 2 saturated carbocycles. The van der Waals surface area contributed by atoms with Crippen LogP contribution >= 0.6 is 0 Å². The van der Waals surface area contributed by atoms with Crippen molar-refractivity contribution in [2.45, 2.75) is 74.1 Å². The molecule has 37 heavy (non-hydrogen) atoms. The van der Waals surface area contributed by atoms with E-state index >= 15 is 0 Å². The zero-order valence-electron chi connectivity index (χ0n) is 21.2. The number of amides is 1. The van der Waals surface area contributed by atoms with E-state index < -0.39 is 17.1 Å². The number of aliphatic hydroxyl groups is 1. The van der Waals surface area contributed by atoms with Crippen molar-refractivity contribution in [1.29, 1.82) is 0 Å². The first-order chi connectivity index (χ1) is 17.8. The topological polar surface area (TPSA) is 90.3 Å². The van der Waals surface area contributed by atoms with Gasteiger partial charge in [0.1, 0.15) is 6.10 Å². The summed E-state index contributed by atoms with van der Waals surface area (Å²) < 4.78 is 6.57. The predicted molar refractivity (Wildman–Crippen MR) is 137 cm³/mol. The monoisotopic (exact) mass is 502 g/mol. The Balaban J connectivity index is 1.24. The molecule has 7 nitrogen and oxygen atoms in total. The molecule has 2 heterocycles. The lowest BCUT2D eigenvalue weighted by Gasteiger charge is -2.64. The minimum absolute atomic E-state index is 0.00226. The van der Waals surface area contributed by atoms with E-state index in [4.69, 9.17) is 4.74 Å². The Labute approximate surface area is 217 Å². The van der Waals surface area contributed by atoms with Gasteiger partial charge in [0.25, 0.3) is 0 Å². The number of hydrogen-bond acceptors (Lipinski definition) is 6. The summed E-state index contributed by atoms with van der Waals surface area (Å²) in [5.41, 5.74) is 0.947. The Hall–Kier alpha value is -2.90. The Morgan fingerprint density at radius 2 is 1.89 bits per heavy atom. The lowest BCUT2D eigenvalue weighted by Crippen LogP contribution is -2.78. The average molecular weight is 503 g/mol. The number of piperidine rings is 1. The summed E-state index contributed by atoms with van der Waals surface area (Å²) in [5, 5.41) is 23.4. The first kappa shape index (κ1) is 23.2. The normalized spacial score (nSPS) is 33.4. The number of rotatable bonds is 6. The maximum absolute atomic E-state index is 13.4. The van der Waals surface area contributed by atoms with Crippen molar-refractivity contribution in [2.24, 2.45) is 5.92 Å². The molecule has 5 atom stereocenters. The van der Waals surface area contributed by atoms with Crippen LogP contribution in [0.1, 0.15) is 60.0 Å². The van der Waals surface area contributed by atoms with Crippen molar-refractivity contribution in [1.82, 2.24) is 9.80 Å². The summed E-state index contributed by atoms with van der Waals surface area (Å²) in [6.45, 7) is 1.90. The molecule has 2 aliphatic heterocycles. The molecule has 2 bridgehead atoms. The Morgan fingerprint density at radius 3 is 2.65 bits per heavy atom. The molecule has 0 radical (unpaired) electrons. The van der Waals surface area contributed by atoms with Crippen LogP contribution in [-0.2, 0) is 16.6 Å². The van der Waals surface area contributed by atoms with Crippen LogP contribution in [0.4, 0.5) is 0 Å². The van der Waals surface area contributed by atoms with E-state index in [1.807, 2.05) is 12.1 Å².